The lowest BCUT2D eigenvalue weighted by Crippen LogP contribution is -1.86. The Labute approximate surface area is 65.9 Å². The van der Waals surface area contributed by atoms with Crippen LogP contribution in [0.25, 0.3) is 0 Å². The molecule has 0 saturated heterocycles. The Morgan fingerprint density at radius 1 is 1.70 bits per heavy atom. The number of hydrogen-bond donors (Lipinski definition) is 0. The second-order valence-electron chi connectivity index (χ2n) is 2.47. The molecule has 10 heavy (non-hydrogen) atoms. The van der Waals surface area contributed by atoms with Gasteiger partial charge in [0, 0.05) is 0 Å². The summed E-state index contributed by atoms with van der Waals surface area (Å²) < 4.78 is 0. The van der Waals surface area contributed by atoms with Crippen LogP contribution in [-0.2, 0) is 4.79 Å². The Balaban J connectivity index is 2.28. The molecule has 0 aromatic rings. The zero-order chi connectivity index (χ0) is 7.40. The summed E-state index contributed by atoms with van der Waals surface area (Å²) >= 11 is 1.70. The monoisotopic (exact) mass is 156 g/mol. The maximum atomic E-state index is 10.7. The standard InChI is InChI=1S/C8H12OS/c1-2-3-4-8-5-7(9)6-10-8/h5H,2-4,6H2,1H3. The molecule has 0 bridgehead atoms. The first-order valence-corrected chi connectivity index (χ1v) is 4.67. The molecule has 0 radical (unpaired) electrons. The van der Waals surface area contributed by atoms with Crippen LogP contribution in [0.3, 0.4) is 0 Å². The predicted octanol–water partition coefficient (Wildman–Crippen LogP) is 2.38. The van der Waals surface area contributed by atoms with E-state index in [0.717, 1.165) is 6.42 Å². The number of ketones is 1. The smallest absolute Gasteiger partial charge is 0.166 e. The van der Waals surface area contributed by atoms with Crippen LogP contribution < -0.4 is 0 Å². The van der Waals surface area contributed by atoms with E-state index in [-0.39, 0.29) is 5.78 Å². The van der Waals surface area contributed by atoms with Crippen LogP contribution in [0.15, 0.2) is 11.0 Å². The van der Waals surface area contributed by atoms with E-state index in [1.807, 2.05) is 0 Å². The number of carbonyl (C=O) groups is 1. The quantitative estimate of drug-likeness (QED) is 0.624. The number of allylic oxidation sites excluding steroid dienone is 2. The molecule has 0 aromatic heterocycles. The highest BCUT2D eigenvalue weighted by atomic mass is 32.2. The summed E-state index contributed by atoms with van der Waals surface area (Å²) in [7, 11) is 0. The maximum absolute atomic E-state index is 10.7. The van der Waals surface area contributed by atoms with Crippen molar-refractivity contribution in [2.24, 2.45) is 0 Å². The van der Waals surface area contributed by atoms with Crippen molar-refractivity contribution in [3.05, 3.63) is 11.0 Å². The lowest BCUT2D eigenvalue weighted by molar-refractivity contribution is -0.112. The fourth-order valence-electron chi connectivity index (χ4n) is 0.922. The average molecular weight is 156 g/mol. The molecule has 1 aliphatic heterocycles. The summed E-state index contributed by atoms with van der Waals surface area (Å²) in [4.78, 5) is 12.0. The van der Waals surface area contributed by atoms with E-state index in [2.05, 4.69) is 6.92 Å². The van der Waals surface area contributed by atoms with Crippen molar-refractivity contribution in [1.29, 1.82) is 0 Å². The number of carbonyl (C=O) groups excluding carboxylic acids is 1. The van der Waals surface area contributed by atoms with Gasteiger partial charge in [0.05, 0.1) is 5.75 Å². The molecule has 0 N–H and O–H groups in total. The van der Waals surface area contributed by atoms with Gasteiger partial charge < -0.3 is 0 Å². The third kappa shape index (κ3) is 2.18. The van der Waals surface area contributed by atoms with E-state index < -0.39 is 0 Å². The molecule has 0 aromatic carbocycles. The summed E-state index contributed by atoms with van der Waals surface area (Å²) in [6.07, 6.45) is 5.32. The first-order valence-electron chi connectivity index (χ1n) is 3.69. The zero-order valence-electron chi connectivity index (χ0n) is 6.22. The van der Waals surface area contributed by atoms with Gasteiger partial charge in [-0.3, -0.25) is 4.79 Å². The largest absolute Gasteiger partial charge is 0.294 e. The van der Waals surface area contributed by atoms with Gasteiger partial charge in [0.15, 0.2) is 5.78 Å². The minimum Gasteiger partial charge on any atom is -0.294 e. The summed E-state index contributed by atoms with van der Waals surface area (Å²) in [6, 6.07) is 0. The van der Waals surface area contributed by atoms with E-state index in [9.17, 15) is 4.79 Å². The topological polar surface area (TPSA) is 17.1 Å². The molecule has 0 saturated carbocycles. The summed E-state index contributed by atoms with van der Waals surface area (Å²) in [6.45, 7) is 2.17. The Morgan fingerprint density at radius 3 is 3.00 bits per heavy atom. The second-order valence-corrected chi connectivity index (χ2v) is 3.57. The van der Waals surface area contributed by atoms with Crippen molar-refractivity contribution in [3.8, 4) is 0 Å². The molecule has 1 rings (SSSR count). The highest BCUT2D eigenvalue weighted by Gasteiger charge is 2.10. The van der Waals surface area contributed by atoms with Crippen LogP contribution in [0.5, 0.6) is 0 Å². The first kappa shape index (κ1) is 7.86. The molecule has 0 atom stereocenters. The van der Waals surface area contributed by atoms with Crippen molar-refractivity contribution in [1.82, 2.24) is 0 Å². The fraction of sp³-hybridized carbons (Fsp3) is 0.625. The SMILES string of the molecule is CCCCC1=CC(=O)CS1. The van der Waals surface area contributed by atoms with E-state index >= 15 is 0 Å². The Morgan fingerprint density at radius 2 is 2.50 bits per heavy atom. The van der Waals surface area contributed by atoms with Crippen molar-refractivity contribution >= 4 is 17.5 Å². The highest BCUT2D eigenvalue weighted by molar-refractivity contribution is 8.04. The molecule has 56 valence electrons. The summed E-state index contributed by atoms with van der Waals surface area (Å²) in [5.74, 6) is 0.968. The van der Waals surface area contributed by atoms with Crippen LogP contribution in [-0.4, -0.2) is 11.5 Å². The lowest BCUT2D eigenvalue weighted by atomic mass is 10.2. The fourth-order valence-corrected chi connectivity index (χ4v) is 1.84. The number of unbranched alkanes of at least 4 members (excludes halogenated alkanes) is 1. The third-order valence-corrected chi connectivity index (χ3v) is 2.62. The van der Waals surface area contributed by atoms with E-state index in [4.69, 9.17) is 0 Å². The van der Waals surface area contributed by atoms with Gasteiger partial charge in [0.2, 0.25) is 0 Å². The van der Waals surface area contributed by atoms with Gasteiger partial charge in [0.1, 0.15) is 0 Å². The predicted molar refractivity (Wildman–Crippen MR) is 45.1 cm³/mol. The van der Waals surface area contributed by atoms with Crippen LogP contribution in [0.1, 0.15) is 26.2 Å². The van der Waals surface area contributed by atoms with Crippen molar-refractivity contribution in [2.75, 3.05) is 5.75 Å². The van der Waals surface area contributed by atoms with Crippen LogP contribution in [0.2, 0.25) is 0 Å². The molecular weight excluding hydrogens is 144 g/mol. The van der Waals surface area contributed by atoms with Crippen LogP contribution in [0.4, 0.5) is 0 Å². The molecule has 0 spiro atoms. The normalized spacial score (nSPS) is 17.7. The van der Waals surface area contributed by atoms with Crippen molar-refractivity contribution in [3.63, 3.8) is 0 Å². The van der Waals surface area contributed by atoms with Gasteiger partial charge in [0.25, 0.3) is 0 Å². The molecule has 0 aliphatic carbocycles. The maximum Gasteiger partial charge on any atom is 0.166 e. The number of rotatable bonds is 3. The third-order valence-electron chi connectivity index (χ3n) is 1.50. The number of hydrogen-bond acceptors (Lipinski definition) is 2. The van der Waals surface area contributed by atoms with Gasteiger partial charge in [-0.1, -0.05) is 13.3 Å². The molecule has 1 nitrogen and oxygen atoms in total. The summed E-state index contributed by atoms with van der Waals surface area (Å²) in [5, 5.41) is 0. The minimum atomic E-state index is 0.288. The van der Waals surface area contributed by atoms with Gasteiger partial charge >= 0.3 is 0 Å². The zero-order valence-corrected chi connectivity index (χ0v) is 7.04. The molecule has 1 heterocycles. The Bertz CT molecular complexity index is 161. The van der Waals surface area contributed by atoms with Crippen molar-refractivity contribution < 1.29 is 4.79 Å². The molecule has 1 aliphatic rings. The van der Waals surface area contributed by atoms with E-state index in [1.165, 1.54) is 17.7 Å². The molecular formula is C8H12OS. The Kier molecular flexibility index (Phi) is 3.00. The van der Waals surface area contributed by atoms with Crippen molar-refractivity contribution in [2.45, 2.75) is 26.2 Å². The van der Waals surface area contributed by atoms with Gasteiger partial charge in [-0.15, -0.1) is 11.8 Å². The highest BCUT2D eigenvalue weighted by Crippen LogP contribution is 2.26. The lowest BCUT2D eigenvalue weighted by Gasteiger charge is -1.95. The molecule has 0 unspecified atom stereocenters. The average Bonchev–Trinajstić information content (AvgIpc) is 2.31. The van der Waals surface area contributed by atoms with Gasteiger partial charge in [-0.2, -0.15) is 0 Å². The Hall–Kier alpha value is -0.240. The number of thioether (sulfide) groups is 1. The van der Waals surface area contributed by atoms with E-state index in [0.29, 0.717) is 5.75 Å². The minimum absolute atomic E-state index is 0.288. The molecule has 2 heteroatoms. The van der Waals surface area contributed by atoms with Gasteiger partial charge in [-0.25, -0.2) is 0 Å². The van der Waals surface area contributed by atoms with E-state index in [1.54, 1.807) is 17.8 Å². The first-order chi connectivity index (χ1) is 4.83. The van der Waals surface area contributed by atoms with Crippen LogP contribution >= 0.6 is 11.8 Å². The second kappa shape index (κ2) is 3.81. The molecule has 0 fully saturated rings. The van der Waals surface area contributed by atoms with Crippen LogP contribution in [0, 0.1) is 0 Å². The summed E-state index contributed by atoms with van der Waals surface area (Å²) in [5.41, 5.74) is 0. The molecule has 0 amide bonds. The van der Waals surface area contributed by atoms with Gasteiger partial charge in [-0.05, 0) is 23.8 Å².